The molecule has 0 aromatic rings. The van der Waals surface area contributed by atoms with E-state index < -0.39 is 6.10 Å². The molecular weight excluding hydrogens is 793 g/mol. The number of hydrogen-bond acceptors (Lipinski definition) is 6. The highest BCUT2D eigenvalue weighted by atomic mass is 16.6. The molecule has 64 heavy (non-hydrogen) atoms. The van der Waals surface area contributed by atoms with Crippen LogP contribution in [0, 0.1) is 17.8 Å². The highest BCUT2D eigenvalue weighted by Crippen LogP contribution is 2.18. The minimum atomic E-state index is -0.763. The summed E-state index contributed by atoms with van der Waals surface area (Å²) in [6.45, 7) is 13.7. The molecule has 0 N–H and O–H groups in total. The van der Waals surface area contributed by atoms with Crippen molar-refractivity contribution in [2.24, 2.45) is 17.8 Å². The Kier molecular flexibility index (Phi) is 48.1. The van der Waals surface area contributed by atoms with Crippen LogP contribution >= 0.6 is 0 Å². The third-order valence-electron chi connectivity index (χ3n) is 13.1. The van der Waals surface area contributed by atoms with Gasteiger partial charge in [0.1, 0.15) is 13.2 Å². The molecule has 0 aromatic heterocycles. The van der Waals surface area contributed by atoms with Gasteiger partial charge in [0.2, 0.25) is 0 Å². The first-order valence-corrected chi connectivity index (χ1v) is 28.6. The number of rotatable bonds is 51. The standard InChI is InChI=1S/C58H112O6/c1-52(2)44-38-32-26-22-18-14-11-9-7-8-10-12-16-20-24-28-35-41-47-56(59)62-50-55(51-63-57(60)48-42-36-31-30-34-40-46-54(5)6)64-58(61)49-43-37-29-25-21-17-13-15-19-23-27-33-39-45-53(3)4/h52-55H,7-51H2,1-6H3/t55-/m0/s1. The van der Waals surface area contributed by atoms with E-state index in [2.05, 4.69) is 41.5 Å². The Morgan fingerprint density at radius 1 is 0.266 bits per heavy atom. The molecule has 0 amide bonds. The minimum Gasteiger partial charge on any atom is -0.462 e. The average molecular weight is 906 g/mol. The minimum absolute atomic E-state index is 0.0644. The van der Waals surface area contributed by atoms with Gasteiger partial charge in [-0.2, -0.15) is 0 Å². The first kappa shape index (κ1) is 62.4. The van der Waals surface area contributed by atoms with Gasteiger partial charge in [0.15, 0.2) is 6.10 Å². The molecule has 0 radical (unpaired) electrons. The molecule has 0 saturated carbocycles. The van der Waals surface area contributed by atoms with Gasteiger partial charge < -0.3 is 14.2 Å². The van der Waals surface area contributed by atoms with E-state index in [1.165, 1.54) is 199 Å². The summed E-state index contributed by atoms with van der Waals surface area (Å²) in [5, 5.41) is 0. The van der Waals surface area contributed by atoms with Crippen LogP contribution in [0.25, 0.3) is 0 Å². The van der Waals surface area contributed by atoms with Gasteiger partial charge in [0.25, 0.3) is 0 Å². The van der Waals surface area contributed by atoms with E-state index in [1.54, 1.807) is 0 Å². The summed E-state index contributed by atoms with van der Waals surface area (Å²) in [5.41, 5.74) is 0. The number of unbranched alkanes of at least 4 members (excludes halogenated alkanes) is 34. The fourth-order valence-corrected chi connectivity index (χ4v) is 8.82. The third kappa shape index (κ3) is 51.4. The van der Waals surface area contributed by atoms with Crippen molar-refractivity contribution in [3.05, 3.63) is 0 Å². The van der Waals surface area contributed by atoms with E-state index in [4.69, 9.17) is 14.2 Å². The molecule has 1 atom stereocenters. The van der Waals surface area contributed by atoms with Gasteiger partial charge in [-0.15, -0.1) is 0 Å². The number of carbonyl (C=O) groups excluding carboxylic acids is 3. The third-order valence-corrected chi connectivity index (χ3v) is 13.1. The van der Waals surface area contributed by atoms with Gasteiger partial charge in [-0.3, -0.25) is 14.4 Å². The van der Waals surface area contributed by atoms with Crippen molar-refractivity contribution in [3.63, 3.8) is 0 Å². The van der Waals surface area contributed by atoms with E-state index in [1.807, 2.05) is 0 Å². The molecule has 0 aromatic carbocycles. The lowest BCUT2D eigenvalue weighted by Gasteiger charge is -2.18. The average Bonchev–Trinajstić information content (AvgIpc) is 3.25. The quantitative estimate of drug-likeness (QED) is 0.0344. The first-order chi connectivity index (χ1) is 31.1. The predicted octanol–water partition coefficient (Wildman–Crippen LogP) is 18.7. The molecule has 0 aliphatic carbocycles. The van der Waals surface area contributed by atoms with E-state index in [0.717, 1.165) is 75.5 Å². The highest BCUT2D eigenvalue weighted by molar-refractivity contribution is 5.71. The van der Waals surface area contributed by atoms with Crippen molar-refractivity contribution >= 4 is 17.9 Å². The lowest BCUT2D eigenvalue weighted by atomic mass is 10.0. The summed E-state index contributed by atoms with van der Waals surface area (Å²) in [5.74, 6) is 1.61. The van der Waals surface area contributed by atoms with Gasteiger partial charge in [-0.05, 0) is 37.0 Å². The molecule has 0 rings (SSSR count). The number of ether oxygens (including phenoxy) is 3. The molecule has 0 fully saturated rings. The Bertz CT molecular complexity index is 991. The molecule has 0 heterocycles. The first-order valence-electron chi connectivity index (χ1n) is 28.6. The molecule has 0 spiro atoms. The number of carbonyl (C=O) groups is 3. The van der Waals surface area contributed by atoms with Crippen molar-refractivity contribution in [1.29, 1.82) is 0 Å². The zero-order valence-corrected chi connectivity index (χ0v) is 44.1. The Hall–Kier alpha value is -1.59. The smallest absolute Gasteiger partial charge is 0.306 e. The number of hydrogen-bond donors (Lipinski definition) is 0. The molecule has 0 bridgehead atoms. The molecule has 0 unspecified atom stereocenters. The predicted molar refractivity (Wildman–Crippen MR) is 275 cm³/mol. The van der Waals surface area contributed by atoms with Crippen molar-refractivity contribution in [2.45, 2.75) is 324 Å². The Morgan fingerprint density at radius 2 is 0.453 bits per heavy atom. The van der Waals surface area contributed by atoms with Crippen LogP contribution in [-0.2, 0) is 28.6 Å². The van der Waals surface area contributed by atoms with E-state index in [9.17, 15) is 14.4 Å². The summed E-state index contributed by atoms with van der Waals surface area (Å²) in [4.78, 5) is 38.0. The largest absolute Gasteiger partial charge is 0.462 e. The zero-order chi connectivity index (χ0) is 47.0. The molecule has 380 valence electrons. The molecule has 0 saturated heterocycles. The van der Waals surface area contributed by atoms with Gasteiger partial charge in [-0.25, -0.2) is 0 Å². The Balaban J connectivity index is 4.19. The van der Waals surface area contributed by atoms with E-state index in [-0.39, 0.29) is 31.1 Å². The summed E-state index contributed by atoms with van der Waals surface area (Å²) >= 11 is 0. The van der Waals surface area contributed by atoms with Crippen molar-refractivity contribution in [1.82, 2.24) is 0 Å². The summed E-state index contributed by atoms with van der Waals surface area (Å²) in [6.07, 6.45) is 51.2. The second kappa shape index (κ2) is 49.3. The maximum absolute atomic E-state index is 12.8. The lowest BCUT2D eigenvalue weighted by molar-refractivity contribution is -0.167. The Labute approximate surface area is 399 Å². The number of esters is 3. The van der Waals surface area contributed by atoms with Crippen LogP contribution in [0.1, 0.15) is 318 Å². The van der Waals surface area contributed by atoms with Gasteiger partial charge in [0, 0.05) is 19.3 Å². The maximum Gasteiger partial charge on any atom is 0.306 e. The van der Waals surface area contributed by atoms with Crippen LogP contribution in [-0.4, -0.2) is 37.2 Å². The van der Waals surface area contributed by atoms with Crippen LogP contribution in [0.4, 0.5) is 0 Å². The molecule has 0 aliphatic rings. The molecule has 6 heteroatoms. The molecule has 0 aliphatic heterocycles. The van der Waals surface area contributed by atoms with Crippen molar-refractivity contribution in [3.8, 4) is 0 Å². The summed E-state index contributed by atoms with van der Waals surface area (Å²) < 4.78 is 16.8. The van der Waals surface area contributed by atoms with Gasteiger partial charge in [0.05, 0.1) is 0 Å². The second-order valence-corrected chi connectivity index (χ2v) is 21.4. The van der Waals surface area contributed by atoms with E-state index in [0.29, 0.717) is 19.3 Å². The fraction of sp³-hybridized carbons (Fsp3) is 0.948. The van der Waals surface area contributed by atoms with Crippen LogP contribution in [0.2, 0.25) is 0 Å². The van der Waals surface area contributed by atoms with Crippen LogP contribution < -0.4 is 0 Å². The highest BCUT2D eigenvalue weighted by Gasteiger charge is 2.19. The van der Waals surface area contributed by atoms with Crippen LogP contribution in [0.15, 0.2) is 0 Å². The SMILES string of the molecule is CC(C)CCCCCCCCCCCCCCCCCCCCC(=O)OC[C@@H](COC(=O)CCCCCCCCC(C)C)OC(=O)CCCCCCCCCCCCCCCC(C)C. The lowest BCUT2D eigenvalue weighted by Crippen LogP contribution is -2.30. The fourth-order valence-electron chi connectivity index (χ4n) is 8.82. The Morgan fingerprint density at radius 3 is 0.672 bits per heavy atom. The summed E-state index contributed by atoms with van der Waals surface area (Å²) in [6, 6.07) is 0. The van der Waals surface area contributed by atoms with Gasteiger partial charge >= 0.3 is 17.9 Å². The summed E-state index contributed by atoms with van der Waals surface area (Å²) in [7, 11) is 0. The van der Waals surface area contributed by atoms with Crippen molar-refractivity contribution < 1.29 is 28.6 Å². The topological polar surface area (TPSA) is 78.9 Å². The van der Waals surface area contributed by atoms with Gasteiger partial charge in [-0.1, -0.05) is 279 Å². The second-order valence-electron chi connectivity index (χ2n) is 21.4. The normalized spacial score (nSPS) is 12.1. The monoisotopic (exact) mass is 905 g/mol. The maximum atomic E-state index is 12.8. The van der Waals surface area contributed by atoms with Crippen LogP contribution in [0.5, 0.6) is 0 Å². The molecule has 6 nitrogen and oxygen atoms in total. The van der Waals surface area contributed by atoms with E-state index >= 15 is 0 Å². The van der Waals surface area contributed by atoms with Crippen molar-refractivity contribution in [2.75, 3.05) is 13.2 Å². The molecular formula is C58H112O6. The zero-order valence-electron chi connectivity index (χ0n) is 44.1. The van der Waals surface area contributed by atoms with Crippen LogP contribution in [0.3, 0.4) is 0 Å².